The van der Waals surface area contributed by atoms with Gasteiger partial charge in [0.05, 0.1) is 0 Å². The Morgan fingerprint density at radius 2 is 1.81 bits per heavy atom. The summed E-state index contributed by atoms with van der Waals surface area (Å²) in [5.41, 5.74) is 3.17. The first-order valence-electron chi connectivity index (χ1n) is 12.0. The van der Waals surface area contributed by atoms with Crippen molar-refractivity contribution >= 4 is 11.8 Å². The van der Waals surface area contributed by atoms with Crippen LogP contribution in [0.2, 0.25) is 0 Å². The fraction of sp³-hybridized carbons (Fsp3) is 0.571. The number of rotatable bonds is 4. The van der Waals surface area contributed by atoms with E-state index < -0.39 is 5.97 Å². The SMILES string of the molecule is C[C@]12CC[C@H]3[C@@H](CC=C4C=C(C(=O)O)CC[C@@]43C)[C@@H]1CC[C@@H]2C(=O)Cc1ccccc1. The molecule has 4 aliphatic carbocycles. The Bertz CT molecular complexity index is 958. The topological polar surface area (TPSA) is 54.4 Å². The molecule has 1 aromatic carbocycles. The van der Waals surface area contributed by atoms with Crippen LogP contribution in [0.4, 0.5) is 0 Å². The highest BCUT2D eigenvalue weighted by Gasteiger charge is 2.59. The quantitative estimate of drug-likeness (QED) is 0.653. The molecule has 0 saturated heterocycles. The van der Waals surface area contributed by atoms with Gasteiger partial charge in [0, 0.05) is 17.9 Å². The molecule has 0 bridgehead atoms. The average Bonchev–Trinajstić information content (AvgIpc) is 3.11. The Balaban J connectivity index is 1.39. The lowest BCUT2D eigenvalue weighted by molar-refractivity contribution is -0.133. The van der Waals surface area contributed by atoms with Crippen LogP contribution >= 0.6 is 0 Å². The maximum atomic E-state index is 13.4. The number of allylic oxidation sites excluding steroid dienone is 3. The van der Waals surface area contributed by atoms with E-state index in [0.29, 0.717) is 42.0 Å². The fourth-order valence-corrected chi connectivity index (χ4v) is 7.94. The van der Waals surface area contributed by atoms with Crippen LogP contribution in [-0.2, 0) is 16.0 Å². The second kappa shape index (κ2) is 7.46. The summed E-state index contributed by atoms with van der Waals surface area (Å²) in [4.78, 5) is 24.9. The van der Waals surface area contributed by atoms with E-state index in [0.717, 1.165) is 37.7 Å². The number of Topliss-reactive ketones (excluding diaryl/α,β-unsaturated/α-hetero) is 1. The smallest absolute Gasteiger partial charge is 0.331 e. The molecule has 4 aliphatic rings. The highest BCUT2D eigenvalue weighted by molar-refractivity contribution is 5.87. The summed E-state index contributed by atoms with van der Waals surface area (Å²) < 4.78 is 0. The van der Waals surface area contributed by atoms with Gasteiger partial charge in [-0.1, -0.05) is 50.3 Å². The predicted molar refractivity (Wildman–Crippen MR) is 121 cm³/mol. The first kappa shape index (κ1) is 20.7. The summed E-state index contributed by atoms with van der Waals surface area (Å²) in [5, 5.41) is 9.46. The Morgan fingerprint density at radius 1 is 1.03 bits per heavy atom. The largest absolute Gasteiger partial charge is 0.478 e. The third kappa shape index (κ3) is 3.23. The number of carboxylic acids is 1. The van der Waals surface area contributed by atoms with Crippen LogP contribution in [0.1, 0.15) is 64.4 Å². The van der Waals surface area contributed by atoms with Gasteiger partial charge in [-0.2, -0.15) is 0 Å². The molecule has 2 fully saturated rings. The zero-order valence-electron chi connectivity index (χ0n) is 18.8. The van der Waals surface area contributed by atoms with Gasteiger partial charge < -0.3 is 5.11 Å². The number of benzene rings is 1. The number of hydrogen-bond donors (Lipinski definition) is 1. The molecule has 6 atom stereocenters. The maximum absolute atomic E-state index is 13.4. The van der Waals surface area contributed by atoms with Gasteiger partial charge in [0.1, 0.15) is 5.78 Å². The van der Waals surface area contributed by atoms with E-state index in [-0.39, 0.29) is 16.7 Å². The highest BCUT2D eigenvalue weighted by Crippen LogP contribution is 2.66. The summed E-state index contributed by atoms with van der Waals surface area (Å²) in [6.45, 7) is 4.78. The van der Waals surface area contributed by atoms with E-state index >= 15 is 0 Å². The summed E-state index contributed by atoms with van der Waals surface area (Å²) in [6, 6.07) is 10.2. The van der Waals surface area contributed by atoms with Crippen molar-refractivity contribution in [3.05, 3.63) is 59.2 Å². The van der Waals surface area contributed by atoms with Crippen molar-refractivity contribution < 1.29 is 14.7 Å². The molecule has 1 aromatic rings. The van der Waals surface area contributed by atoms with Crippen LogP contribution in [0.15, 0.2) is 53.6 Å². The van der Waals surface area contributed by atoms with Gasteiger partial charge in [-0.15, -0.1) is 0 Å². The maximum Gasteiger partial charge on any atom is 0.331 e. The summed E-state index contributed by atoms with van der Waals surface area (Å²) in [5.74, 6) is 1.69. The predicted octanol–water partition coefficient (Wildman–Crippen LogP) is 6.00. The fourth-order valence-electron chi connectivity index (χ4n) is 7.94. The van der Waals surface area contributed by atoms with Gasteiger partial charge in [0.25, 0.3) is 0 Å². The molecule has 0 radical (unpaired) electrons. The van der Waals surface area contributed by atoms with Gasteiger partial charge in [-0.3, -0.25) is 4.79 Å². The summed E-state index contributed by atoms with van der Waals surface area (Å²) >= 11 is 0. The van der Waals surface area contributed by atoms with Crippen molar-refractivity contribution in [1.82, 2.24) is 0 Å². The highest BCUT2D eigenvalue weighted by atomic mass is 16.4. The third-order valence-corrected chi connectivity index (χ3v) is 9.65. The molecule has 0 aromatic heterocycles. The Kier molecular flexibility index (Phi) is 4.99. The number of aliphatic carboxylic acids is 1. The molecule has 0 aliphatic heterocycles. The average molecular weight is 419 g/mol. The zero-order chi connectivity index (χ0) is 21.8. The van der Waals surface area contributed by atoms with Gasteiger partial charge >= 0.3 is 5.97 Å². The second-order valence-electron chi connectivity index (χ2n) is 11.0. The Morgan fingerprint density at radius 3 is 2.55 bits per heavy atom. The van der Waals surface area contributed by atoms with Crippen molar-refractivity contribution in [2.24, 2.45) is 34.5 Å². The standard InChI is InChI=1S/C28H34O3/c1-27-14-12-19(26(30)31)17-20(27)8-9-21-22-10-11-24(28(22,2)15-13-23(21)27)25(29)16-18-6-4-3-5-7-18/h3-8,17,21-24H,9-16H2,1-2H3,(H,30,31)/t21-,22-,23-,24+,27-,28-/m0/s1. The number of hydrogen-bond acceptors (Lipinski definition) is 2. The molecule has 31 heavy (non-hydrogen) atoms. The van der Waals surface area contributed by atoms with Crippen LogP contribution in [0.3, 0.4) is 0 Å². The molecular formula is C28H34O3. The molecule has 3 heteroatoms. The molecule has 0 unspecified atom stereocenters. The Hall–Kier alpha value is -2.16. The molecule has 5 rings (SSSR count). The first-order chi connectivity index (χ1) is 14.8. The lowest BCUT2D eigenvalue weighted by Gasteiger charge is -2.57. The van der Waals surface area contributed by atoms with Gasteiger partial charge in [-0.25, -0.2) is 4.79 Å². The first-order valence-corrected chi connectivity index (χ1v) is 12.0. The molecule has 0 heterocycles. The van der Waals surface area contributed by atoms with Crippen molar-refractivity contribution in [2.75, 3.05) is 0 Å². The number of carboxylic acid groups (broad SMARTS) is 1. The van der Waals surface area contributed by atoms with Crippen molar-refractivity contribution in [3.63, 3.8) is 0 Å². The normalized spacial score (nSPS) is 38.9. The van der Waals surface area contributed by atoms with Gasteiger partial charge in [-0.05, 0) is 90.7 Å². The summed E-state index contributed by atoms with van der Waals surface area (Å²) in [6.07, 6.45) is 12.0. The van der Waals surface area contributed by atoms with E-state index in [1.165, 1.54) is 12.0 Å². The van der Waals surface area contributed by atoms with Crippen molar-refractivity contribution in [2.45, 2.75) is 65.2 Å². The minimum absolute atomic E-state index is 0.0926. The molecule has 3 nitrogen and oxygen atoms in total. The van der Waals surface area contributed by atoms with E-state index in [4.69, 9.17) is 0 Å². The van der Waals surface area contributed by atoms with Crippen LogP contribution in [-0.4, -0.2) is 16.9 Å². The number of fused-ring (bicyclic) bond motifs is 5. The number of carbonyl (C=O) groups is 2. The number of ketones is 1. The third-order valence-electron chi connectivity index (χ3n) is 9.65. The minimum Gasteiger partial charge on any atom is -0.478 e. The second-order valence-corrected chi connectivity index (χ2v) is 11.0. The van der Waals surface area contributed by atoms with E-state index in [1.54, 1.807) is 0 Å². The molecule has 0 amide bonds. The summed E-state index contributed by atoms with van der Waals surface area (Å²) in [7, 11) is 0. The molecule has 2 saturated carbocycles. The monoisotopic (exact) mass is 418 g/mol. The van der Waals surface area contributed by atoms with E-state index in [9.17, 15) is 14.7 Å². The molecular weight excluding hydrogens is 384 g/mol. The van der Waals surface area contributed by atoms with Gasteiger partial charge in [0.15, 0.2) is 0 Å². The zero-order valence-corrected chi connectivity index (χ0v) is 18.8. The molecule has 1 N–H and O–H groups in total. The van der Waals surface area contributed by atoms with Gasteiger partial charge in [0.2, 0.25) is 0 Å². The van der Waals surface area contributed by atoms with Crippen molar-refractivity contribution in [1.29, 1.82) is 0 Å². The lowest BCUT2D eigenvalue weighted by Crippen LogP contribution is -2.50. The van der Waals surface area contributed by atoms with E-state index in [2.05, 4.69) is 32.1 Å². The van der Waals surface area contributed by atoms with Crippen LogP contribution < -0.4 is 0 Å². The van der Waals surface area contributed by atoms with E-state index in [1.807, 2.05) is 24.3 Å². The minimum atomic E-state index is -0.767. The molecule has 164 valence electrons. The lowest BCUT2D eigenvalue weighted by atomic mass is 9.47. The van der Waals surface area contributed by atoms with Crippen LogP contribution in [0.5, 0.6) is 0 Å². The molecule has 0 spiro atoms. The van der Waals surface area contributed by atoms with Crippen molar-refractivity contribution in [3.8, 4) is 0 Å². The Labute approximate surface area is 185 Å². The van der Waals surface area contributed by atoms with Crippen LogP contribution in [0, 0.1) is 34.5 Å². The number of carbonyl (C=O) groups excluding carboxylic acids is 1. The van der Waals surface area contributed by atoms with Crippen LogP contribution in [0.25, 0.3) is 0 Å².